The summed E-state index contributed by atoms with van der Waals surface area (Å²) in [5.74, 6) is 0.282. The van der Waals surface area contributed by atoms with Crippen molar-refractivity contribution in [3.05, 3.63) is 37.6 Å². The highest BCUT2D eigenvalue weighted by molar-refractivity contribution is 5.39. The Labute approximate surface area is 87.2 Å². The van der Waals surface area contributed by atoms with E-state index in [4.69, 9.17) is 0 Å². The first-order valence-electron chi connectivity index (χ1n) is 4.24. The second-order valence-electron chi connectivity index (χ2n) is 2.68. The van der Waals surface area contributed by atoms with Crippen LogP contribution in [0.3, 0.4) is 0 Å². The van der Waals surface area contributed by atoms with E-state index in [1.54, 1.807) is 0 Å². The van der Waals surface area contributed by atoms with Gasteiger partial charge in [-0.2, -0.15) is 0 Å². The lowest BCUT2D eigenvalue weighted by Crippen LogP contribution is -2.42. The van der Waals surface area contributed by atoms with Gasteiger partial charge in [-0.05, 0) is 17.4 Å². The van der Waals surface area contributed by atoms with Crippen LogP contribution in [0.15, 0.2) is 37.6 Å². The molecule has 0 saturated heterocycles. The fraction of sp³-hybridized carbons (Fsp3) is 0.222. The van der Waals surface area contributed by atoms with Gasteiger partial charge in [0.15, 0.2) is 5.82 Å². The Morgan fingerprint density at radius 3 is 2.27 bits per heavy atom. The summed E-state index contributed by atoms with van der Waals surface area (Å²) < 4.78 is 0. The molecule has 6 heteroatoms. The second-order valence-corrected chi connectivity index (χ2v) is 2.68. The van der Waals surface area contributed by atoms with Crippen LogP contribution < -0.4 is 4.90 Å². The van der Waals surface area contributed by atoms with E-state index in [9.17, 15) is 10.2 Å². The SMILES string of the molecule is C=CC(O)N(c1ccnnn1)C(O)C=C. The minimum atomic E-state index is -1.07. The average Bonchev–Trinajstić information content (AvgIpc) is 2.30. The van der Waals surface area contributed by atoms with Gasteiger partial charge >= 0.3 is 0 Å². The molecule has 1 rings (SSSR count). The third kappa shape index (κ3) is 2.58. The third-order valence-electron chi connectivity index (χ3n) is 1.75. The standard InChI is InChI=1S/C9H12N4O2/c1-3-8(14)13(9(15)4-2)7-5-6-10-12-11-7/h3-6,8-9,14-15H,1-2H2. The zero-order chi connectivity index (χ0) is 11.3. The zero-order valence-electron chi connectivity index (χ0n) is 8.06. The van der Waals surface area contributed by atoms with Crippen LogP contribution in [-0.4, -0.2) is 38.1 Å². The summed E-state index contributed by atoms with van der Waals surface area (Å²) in [4.78, 5) is 1.19. The van der Waals surface area contributed by atoms with Gasteiger partial charge in [-0.3, -0.25) is 4.90 Å². The summed E-state index contributed by atoms with van der Waals surface area (Å²) in [6.45, 7) is 6.85. The normalized spacial score (nSPS) is 14.0. The Balaban J connectivity index is 3.01. The van der Waals surface area contributed by atoms with E-state index in [0.717, 1.165) is 0 Å². The van der Waals surface area contributed by atoms with E-state index in [1.165, 1.54) is 29.3 Å². The van der Waals surface area contributed by atoms with Crippen LogP contribution in [-0.2, 0) is 0 Å². The Bertz CT molecular complexity index is 316. The molecule has 2 atom stereocenters. The molecule has 80 valence electrons. The molecule has 0 aromatic carbocycles. The van der Waals surface area contributed by atoms with E-state index < -0.39 is 12.5 Å². The van der Waals surface area contributed by atoms with Gasteiger partial charge in [-0.1, -0.05) is 13.2 Å². The summed E-state index contributed by atoms with van der Waals surface area (Å²) in [6.07, 6.45) is 1.77. The van der Waals surface area contributed by atoms with Gasteiger partial charge in [0.05, 0.1) is 6.20 Å². The summed E-state index contributed by atoms with van der Waals surface area (Å²) in [5.41, 5.74) is 0. The minimum absolute atomic E-state index is 0.282. The topological polar surface area (TPSA) is 82.4 Å². The van der Waals surface area contributed by atoms with Crippen LogP contribution in [0.2, 0.25) is 0 Å². The van der Waals surface area contributed by atoms with Gasteiger partial charge < -0.3 is 10.2 Å². The van der Waals surface area contributed by atoms with Crippen LogP contribution in [0.25, 0.3) is 0 Å². The van der Waals surface area contributed by atoms with Crippen molar-refractivity contribution in [2.24, 2.45) is 0 Å². The molecule has 0 aliphatic heterocycles. The molecule has 15 heavy (non-hydrogen) atoms. The fourth-order valence-electron chi connectivity index (χ4n) is 1.03. The molecule has 2 N–H and O–H groups in total. The number of hydrogen-bond acceptors (Lipinski definition) is 6. The van der Waals surface area contributed by atoms with E-state index in [0.29, 0.717) is 0 Å². The Morgan fingerprint density at radius 1 is 1.27 bits per heavy atom. The van der Waals surface area contributed by atoms with Crippen molar-refractivity contribution in [2.45, 2.75) is 12.5 Å². The van der Waals surface area contributed by atoms with Gasteiger partial charge in [-0.25, -0.2) is 0 Å². The lowest BCUT2D eigenvalue weighted by atomic mass is 10.3. The van der Waals surface area contributed by atoms with Gasteiger partial charge in [0.25, 0.3) is 0 Å². The number of aromatic nitrogens is 3. The highest BCUT2D eigenvalue weighted by Crippen LogP contribution is 2.14. The van der Waals surface area contributed by atoms with E-state index in [-0.39, 0.29) is 5.82 Å². The fourth-order valence-corrected chi connectivity index (χ4v) is 1.03. The predicted molar refractivity (Wildman–Crippen MR) is 54.7 cm³/mol. The maximum atomic E-state index is 9.58. The summed E-state index contributed by atoms with van der Waals surface area (Å²) in [7, 11) is 0. The monoisotopic (exact) mass is 208 g/mol. The first kappa shape index (κ1) is 11.3. The summed E-state index contributed by atoms with van der Waals surface area (Å²) in [6, 6.07) is 1.51. The highest BCUT2D eigenvalue weighted by atomic mass is 16.3. The molecular weight excluding hydrogens is 196 g/mol. The second kappa shape index (κ2) is 5.18. The van der Waals surface area contributed by atoms with Crippen molar-refractivity contribution in [1.29, 1.82) is 0 Å². The molecule has 1 aromatic heterocycles. The molecule has 0 radical (unpaired) electrons. The zero-order valence-corrected chi connectivity index (χ0v) is 8.06. The van der Waals surface area contributed by atoms with Gasteiger partial charge in [-0.15, -0.1) is 10.2 Å². The Kier molecular flexibility index (Phi) is 3.90. The van der Waals surface area contributed by atoms with Gasteiger partial charge in [0.2, 0.25) is 0 Å². The van der Waals surface area contributed by atoms with E-state index in [2.05, 4.69) is 28.6 Å². The van der Waals surface area contributed by atoms with Crippen molar-refractivity contribution < 1.29 is 10.2 Å². The smallest absolute Gasteiger partial charge is 0.159 e. The largest absolute Gasteiger partial charge is 0.370 e. The molecule has 0 aliphatic carbocycles. The Morgan fingerprint density at radius 2 is 1.87 bits per heavy atom. The molecular formula is C9H12N4O2. The first-order valence-corrected chi connectivity index (χ1v) is 4.24. The van der Waals surface area contributed by atoms with E-state index >= 15 is 0 Å². The van der Waals surface area contributed by atoms with Crippen LogP contribution in [0.1, 0.15) is 0 Å². The van der Waals surface area contributed by atoms with Crippen molar-refractivity contribution in [1.82, 2.24) is 15.4 Å². The number of nitrogens with zero attached hydrogens (tertiary/aromatic N) is 4. The maximum absolute atomic E-state index is 9.58. The minimum Gasteiger partial charge on any atom is -0.370 e. The summed E-state index contributed by atoms with van der Waals surface area (Å²) >= 11 is 0. The third-order valence-corrected chi connectivity index (χ3v) is 1.75. The maximum Gasteiger partial charge on any atom is 0.159 e. The lowest BCUT2D eigenvalue weighted by Gasteiger charge is -2.29. The first-order chi connectivity index (χ1) is 7.20. The number of anilines is 1. The molecule has 0 saturated carbocycles. The van der Waals surface area contributed by atoms with Crippen molar-refractivity contribution in [2.75, 3.05) is 4.90 Å². The molecule has 1 heterocycles. The number of hydrogen-bond donors (Lipinski definition) is 2. The lowest BCUT2D eigenvalue weighted by molar-refractivity contribution is 0.135. The Hall–Kier alpha value is -1.79. The number of aliphatic hydroxyl groups is 2. The van der Waals surface area contributed by atoms with Crippen molar-refractivity contribution in [3.8, 4) is 0 Å². The van der Waals surface area contributed by atoms with Gasteiger partial charge in [0.1, 0.15) is 12.5 Å². The molecule has 0 spiro atoms. The molecule has 6 nitrogen and oxygen atoms in total. The molecule has 0 fully saturated rings. The van der Waals surface area contributed by atoms with Crippen LogP contribution in [0, 0.1) is 0 Å². The molecule has 0 amide bonds. The number of rotatable bonds is 5. The predicted octanol–water partition coefficient (Wildman–Crippen LogP) is -0.313. The van der Waals surface area contributed by atoms with Crippen molar-refractivity contribution in [3.63, 3.8) is 0 Å². The highest BCUT2D eigenvalue weighted by Gasteiger charge is 2.20. The molecule has 1 aromatic rings. The van der Waals surface area contributed by atoms with Gasteiger partial charge in [0, 0.05) is 6.07 Å². The quantitative estimate of drug-likeness (QED) is 0.510. The average molecular weight is 208 g/mol. The molecule has 0 bridgehead atoms. The molecule has 2 unspecified atom stereocenters. The summed E-state index contributed by atoms with van der Waals surface area (Å²) in [5, 5.41) is 29.7. The van der Waals surface area contributed by atoms with E-state index in [1.807, 2.05) is 0 Å². The number of aliphatic hydroxyl groups excluding tert-OH is 2. The van der Waals surface area contributed by atoms with Crippen LogP contribution in [0.4, 0.5) is 5.82 Å². The van der Waals surface area contributed by atoms with Crippen LogP contribution in [0.5, 0.6) is 0 Å². The van der Waals surface area contributed by atoms with Crippen LogP contribution >= 0.6 is 0 Å². The molecule has 0 aliphatic rings. The van der Waals surface area contributed by atoms with Crippen molar-refractivity contribution >= 4 is 5.82 Å².